The fraction of sp³-hybridized carbons (Fsp3) is 0.300. The van der Waals surface area contributed by atoms with E-state index in [0.717, 1.165) is 24.3 Å². The molecule has 1 saturated carbocycles. The highest BCUT2D eigenvalue weighted by molar-refractivity contribution is 5.92. The van der Waals surface area contributed by atoms with Gasteiger partial charge >= 0.3 is 11.9 Å². The van der Waals surface area contributed by atoms with Crippen LogP contribution in [-0.4, -0.2) is 88.4 Å². The van der Waals surface area contributed by atoms with Crippen LogP contribution in [0, 0.1) is 0 Å². The number of aromatic hydroxyl groups is 6. The molecule has 13 heteroatoms. The van der Waals surface area contributed by atoms with Crippen molar-refractivity contribution < 1.29 is 65.0 Å². The molecule has 5 atom stereocenters. The topological polar surface area (TPSA) is 235 Å². The Morgan fingerprint density at radius 3 is 1.48 bits per heavy atom. The summed E-state index contributed by atoms with van der Waals surface area (Å²) in [6.07, 6.45) is -9.08. The van der Waals surface area contributed by atoms with E-state index in [1.54, 1.807) is 0 Å². The molecule has 1 fully saturated rings. The summed E-state index contributed by atoms with van der Waals surface area (Å²) in [6, 6.07) is 3.04. The zero-order chi connectivity index (χ0) is 24.6. The van der Waals surface area contributed by atoms with Gasteiger partial charge in [-0.2, -0.15) is 0 Å². The van der Waals surface area contributed by atoms with Crippen LogP contribution in [0.1, 0.15) is 27.1 Å². The Labute approximate surface area is 184 Å². The maximum atomic E-state index is 12.5. The van der Waals surface area contributed by atoms with Crippen LogP contribution in [-0.2, 0) is 9.47 Å². The Kier molecular flexibility index (Phi) is 6.39. The molecule has 2 aromatic rings. The van der Waals surface area contributed by atoms with Crippen LogP contribution < -0.4 is 0 Å². The predicted molar refractivity (Wildman–Crippen MR) is 104 cm³/mol. The van der Waals surface area contributed by atoms with Crippen molar-refractivity contribution in [1.29, 1.82) is 0 Å². The molecule has 0 spiro atoms. The average Bonchev–Trinajstić information content (AvgIpc) is 2.75. The molecule has 178 valence electrons. The van der Waals surface area contributed by atoms with Crippen molar-refractivity contribution in [2.75, 3.05) is 0 Å². The molecule has 0 aromatic heterocycles. The van der Waals surface area contributed by atoms with E-state index in [2.05, 4.69) is 0 Å². The Morgan fingerprint density at radius 2 is 1.06 bits per heavy atom. The number of rotatable bonds is 4. The molecule has 1 aliphatic rings. The molecule has 0 bridgehead atoms. The maximum Gasteiger partial charge on any atom is 0.338 e. The fourth-order valence-electron chi connectivity index (χ4n) is 3.26. The first-order chi connectivity index (χ1) is 15.4. The highest BCUT2D eigenvalue weighted by atomic mass is 16.6. The highest BCUT2D eigenvalue weighted by Crippen LogP contribution is 2.37. The van der Waals surface area contributed by atoms with Crippen LogP contribution in [0.15, 0.2) is 24.3 Å². The van der Waals surface area contributed by atoms with Gasteiger partial charge in [-0.05, 0) is 24.3 Å². The number of benzene rings is 2. The van der Waals surface area contributed by atoms with Crippen molar-refractivity contribution in [3.63, 3.8) is 0 Å². The van der Waals surface area contributed by atoms with Crippen LogP contribution >= 0.6 is 0 Å². The average molecular weight is 468 g/mol. The minimum absolute atomic E-state index is 0.434. The van der Waals surface area contributed by atoms with Gasteiger partial charge in [0.1, 0.15) is 18.3 Å². The van der Waals surface area contributed by atoms with Gasteiger partial charge in [-0.15, -0.1) is 0 Å². The third-order valence-corrected chi connectivity index (χ3v) is 5.03. The summed E-state index contributed by atoms with van der Waals surface area (Å²) in [6.45, 7) is 0. The Balaban J connectivity index is 1.86. The molecule has 0 heterocycles. The third kappa shape index (κ3) is 4.64. The Bertz CT molecular complexity index is 1040. The highest BCUT2D eigenvalue weighted by Gasteiger charge is 2.47. The molecule has 13 nitrogen and oxygen atoms in total. The van der Waals surface area contributed by atoms with Crippen LogP contribution in [0.2, 0.25) is 0 Å². The van der Waals surface area contributed by atoms with Gasteiger partial charge < -0.3 is 55.4 Å². The summed E-state index contributed by atoms with van der Waals surface area (Å²) in [7, 11) is 0. The lowest BCUT2D eigenvalue weighted by Gasteiger charge is -2.39. The second kappa shape index (κ2) is 8.90. The van der Waals surface area contributed by atoms with E-state index >= 15 is 0 Å². The molecule has 33 heavy (non-hydrogen) atoms. The summed E-state index contributed by atoms with van der Waals surface area (Å²) in [4.78, 5) is 24.9. The monoisotopic (exact) mass is 468 g/mol. The smallest absolute Gasteiger partial charge is 0.338 e. The lowest BCUT2D eigenvalue weighted by atomic mass is 9.87. The lowest BCUT2D eigenvalue weighted by molar-refractivity contribution is -0.178. The third-order valence-electron chi connectivity index (χ3n) is 5.03. The van der Waals surface area contributed by atoms with Gasteiger partial charge in [0.2, 0.25) is 0 Å². The van der Waals surface area contributed by atoms with Gasteiger partial charge in [0.15, 0.2) is 40.6 Å². The molecule has 0 aliphatic heterocycles. The first-order valence-corrected chi connectivity index (χ1v) is 9.36. The minimum Gasteiger partial charge on any atom is -0.504 e. The van der Waals surface area contributed by atoms with Crippen LogP contribution in [0.3, 0.4) is 0 Å². The summed E-state index contributed by atoms with van der Waals surface area (Å²) in [5, 5.41) is 87.2. The molecule has 9 N–H and O–H groups in total. The zero-order valence-electron chi connectivity index (χ0n) is 16.6. The molecule has 0 amide bonds. The molecule has 0 saturated heterocycles. The fourth-order valence-corrected chi connectivity index (χ4v) is 3.26. The molecule has 2 aromatic carbocycles. The van der Waals surface area contributed by atoms with E-state index in [0.29, 0.717) is 0 Å². The van der Waals surface area contributed by atoms with Crippen LogP contribution in [0.5, 0.6) is 34.5 Å². The number of ether oxygens (including phenoxy) is 2. The van der Waals surface area contributed by atoms with Gasteiger partial charge in [0.05, 0.1) is 17.2 Å². The molecule has 1 aliphatic carbocycles. The summed E-state index contributed by atoms with van der Waals surface area (Å²) < 4.78 is 10.2. The van der Waals surface area contributed by atoms with Crippen molar-refractivity contribution in [3.8, 4) is 34.5 Å². The van der Waals surface area contributed by atoms with Crippen LogP contribution in [0.4, 0.5) is 0 Å². The van der Waals surface area contributed by atoms with E-state index in [1.807, 2.05) is 0 Å². The first kappa shape index (κ1) is 23.7. The van der Waals surface area contributed by atoms with Crippen molar-refractivity contribution in [1.82, 2.24) is 0 Å². The van der Waals surface area contributed by atoms with Crippen LogP contribution in [0.25, 0.3) is 0 Å². The molecule has 0 unspecified atom stereocenters. The number of aliphatic hydroxyl groups is 3. The number of aliphatic hydroxyl groups excluding tert-OH is 3. The van der Waals surface area contributed by atoms with Crippen molar-refractivity contribution >= 4 is 11.9 Å². The maximum absolute atomic E-state index is 12.5. The van der Waals surface area contributed by atoms with Crippen molar-refractivity contribution in [3.05, 3.63) is 35.4 Å². The number of phenols is 6. The Morgan fingerprint density at radius 1 is 0.667 bits per heavy atom. The summed E-state index contributed by atoms with van der Waals surface area (Å²) in [5.74, 6) is -7.61. The van der Waals surface area contributed by atoms with Gasteiger partial charge in [0, 0.05) is 6.42 Å². The second-order valence-corrected chi connectivity index (χ2v) is 7.32. The Hall–Kier alpha value is -3.94. The SMILES string of the molecule is O=C(O[C@@H]1[C@@H](O)[C@@H](O)[C@H](O)C[C@H]1OC(=O)c1cc(O)c(O)c(O)c1)c1cc(O)c(O)c(O)c1. The lowest BCUT2D eigenvalue weighted by Crippen LogP contribution is -2.58. The summed E-state index contributed by atoms with van der Waals surface area (Å²) >= 11 is 0. The molecular weight excluding hydrogens is 448 g/mol. The quantitative estimate of drug-likeness (QED) is 0.197. The van der Waals surface area contributed by atoms with E-state index < -0.39 is 94.5 Å². The first-order valence-electron chi connectivity index (χ1n) is 9.36. The number of carbonyl (C=O) groups is 2. The zero-order valence-corrected chi connectivity index (χ0v) is 16.6. The molecular formula is C20H20O13. The normalized spacial score (nSPS) is 24.8. The largest absolute Gasteiger partial charge is 0.504 e. The van der Waals surface area contributed by atoms with E-state index in [1.165, 1.54) is 0 Å². The number of esters is 2. The predicted octanol–water partition coefficient (Wildman–Crippen LogP) is -0.842. The van der Waals surface area contributed by atoms with Gasteiger partial charge in [0.25, 0.3) is 0 Å². The second-order valence-electron chi connectivity index (χ2n) is 7.32. The van der Waals surface area contributed by atoms with Crippen molar-refractivity contribution in [2.45, 2.75) is 36.9 Å². The van der Waals surface area contributed by atoms with E-state index in [4.69, 9.17) is 9.47 Å². The van der Waals surface area contributed by atoms with E-state index in [9.17, 15) is 55.5 Å². The number of hydrogen-bond acceptors (Lipinski definition) is 13. The van der Waals surface area contributed by atoms with Gasteiger partial charge in [-0.25, -0.2) is 9.59 Å². The van der Waals surface area contributed by atoms with Gasteiger partial charge in [-0.1, -0.05) is 0 Å². The summed E-state index contributed by atoms with van der Waals surface area (Å²) in [5.41, 5.74) is -0.898. The standard InChI is InChI=1S/C20H20O13/c21-8-1-6(2-9(22)14(8)26)19(30)32-13-5-12(25)16(28)17(29)18(13)33-20(31)7-3-10(23)15(27)11(24)4-7/h1-4,12-13,16-18,21-29H,5H2/t12-,13-,16+,17+,18+/m1/s1. The number of phenolic OH excluding ortho intramolecular Hbond substituents is 6. The molecule has 3 rings (SSSR count). The molecule has 0 radical (unpaired) electrons. The van der Waals surface area contributed by atoms with Gasteiger partial charge in [-0.3, -0.25) is 0 Å². The van der Waals surface area contributed by atoms with E-state index in [-0.39, 0.29) is 0 Å². The number of carbonyl (C=O) groups excluding carboxylic acids is 2. The minimum atomic E-state index is -1.93. The van der Waals surface area contributed by atoms with Crippen molar-refractivity contribution in [2.24, 2.45) is 0 Å². The number of hydrogen-bond donors (Lipinski definition) is 9.